The van der Waals surface area contributed by atoms with Gasteiger partial charge in [0.15, 0.2) is 0 Å². The van der Waals surface area contributed by atoms with Crippen molar-refractivity contribution in [2.75, 3.05) is 5.32 Å². The molecule has 198 valence electrons. The number of hydrogen-bond donors (Lipinski definition) is 3. The second kappa shape index (κ2) is 11.7. The molecule has 1 heterocycles. The Hall–Kier alpha value is -3.50. The van der Waals surface area contributed by atoms with Crippen LogP contribution < -0.4 is 21.0 Å². The van der Waals surface area contributed by atoms with Crippen molar-refractivity contribution >= 4 is 38.5 Å². The average Bonchev–Trinajstić information content (AvgIpc) is 2.82. The molecule has 0 saturated carbocycles. The van der Waals surface area contributed by atoms with Gasteiger partial charge in [0.1, 0.15) is 23.4 Å². The molecule has 0 aliphatic carbocycles. The number of carbonyl (C=O) groups is 2. The van der Waals surface area contributed by atoms with Gasteiger partial charge in [0, 0.05) is 5.39 Å². The zero-order valence-corrected chi connectivity index (χ0v) is 22.4. The SMILES string of the molecule is Cc1ccc(S(=O)(=O)N[C@H](C(=O)N[C@@H](CC(C)C)C(=O)Nc2cc3ccccc3oc2=O)C(C)C)cc1. The fourth-order valence-corrected chi connectivity index (χ4v) is 5.12. The van der Waals surface area contributed by atoms with Crippen LogP contribution in [0, 0.1) is 18.8 Å². The minimum Gasteiger partial charge on any atom is -0.421 e. The lowest BCUT2D eigenvalue weighted by atomic mass is 10.0. The first kappa shape index (κ1) is 28.1. The topological polar surface area (TPSA) is 135 Å². The number of para-hydroxylation sites is 1. The molecular weight excluding hydrogens is 494 g/mol. The summed E-state index contributed by atoms with van der Waals surface area (Å²) in [5.74, 6) is -1.63. The molecule has 0 aliphatic rings. The number of amides is 2. The predicted molar refractivity (Wildman–Crippen MR) is 143 cm³/mol. The highest BCUT2D eigenvalue weighted by atomic mass is 32.2. The van der Waals surface area contributed by atoms with Crippen molar-refractivity contribution in [3.63, 3.8) is 0 Å². The average molecular weight is 528 g/mol. The van der Waals surface area contributed by atoms with Crippen LogP contribution in [0.25, 0.3) is 11.0 Å². The molecule has 0 radical (unpaired) electrons. The Morgan fingerprint density at radius 1 is 0.946 bits per heavy atom. The van der Waals surface area contributed by atoms with Crippen molar-refractivity contribution in [2.45, 2.75) is 58.0 Å². The fourth-order valence-electron chi connectivity index (χ4n) is 3.78. The number of hydrogen-bond acceptors (Lipinski definition) is 6. The maximum atomic E-state index is 13.2. The summed E-state index contributed by atoms with van der Waals surface area (Å²) in [6.45, 7) is 9.03. The van der Waals surface area contributed by atoms with Crippen LogP contribution in [0.4, 0.5) is 5.69 Å². The Morgan fingerprint density at radius 3 is 2.22 bits per heavy atom. The third-order valence-electron chi connectivity index (χ3n) is 5.80. The molecule has 0 saturated heterocycles. The fraction of sp³-hybridized carbons (Fsp3) is 0.370. The molecule has 1 aromatic heterocycles. The summed E-state index contributed by atoms with van der Waals surface area (Å²) in [4.78, 5) is 38.8. The molecule has 0 spiro atoms. The van der Waals surface area contributed by atoms with Gasteiger partial charge in [-0.05, 0) is 49.4 Å². The van der Waals surface area contributed by atoms with Gasteiger partial charge in [0.2, 0.25) is 21.8 Å². The number of aryl methyl sites for hydroxylation is 1. The molecule has 0 unspecified atom stereocenters. The molecule has 9 nitrogen and oxygen atoms in total. The van der Waals surface area contributed by atoms with Crippen LogP contribution in [0.3, 0.4) is 0 Å². The van der Waals surface area contributed by atoms with Crippen LogP contribution in [-0.2, 0) is 19.6 Å². The molecule has 37 heavy (non-hydrogen) atoms. The quantitative estimate of drug-likeness (QED) is 0.345. The highest BCUT2D eigenvalue weighted by Crippen LogP contribution is 2.17. The van der Waals surface area contributed by atoms with Gasteiger partial charge in [-0.3, -0.25) is 9.59 Å². The molecule has 0 fully saturated rings. The Labute approximate surface area is 216 Å². The van der Waals surface area contributed by atoms with E-state index in [0.29, 0.717) is 11.0 Å². The van der Waals surface area contributed by atoms with E-state index in [4.69, 9.17) is 4.42 Å². The molecule has 0 bridgehead atoms. The Bertz CT molecular complexity index is 1430. The van der Waals surface area contributed by atoms with Gasteiger partial charge in [0.05, 0.1) is 4.90 Å². The molecule has 3 N–H and O–H groups in total. The minimum absolute atomic E-state index is 0.0193. The molecule has 2 amide bonds. The van der Waals surface area contributed by atoms with Gasteiger partial charge in [-0.15, -0.1) is 0 Å². The van der Waals surface area contributed by atoms with Crippen LogP contribution in [0.5, 0.6) is 0 Å². The van der Waals surface area contributed by atoms with Gasteiger partial charge >= 0.3 is 5.63 Å². The lowest BCUT2D eigenvalue weighted by Crippen LogP contribution is -2.54. The summed E-state index contributed by atoms with van der Waals surface area (Å²) in [5.41, 5.74) is 0.526. The minimum atomic E-state index is -3.99. The maximum absolute atomic E-state index is 13.2. The van der Waals surface area contributed by atoms with Gasteiger partial charge in [-0.1, -0.05) is 63.6 Å². The first-order valence-electron chi connectivity index (χ1n) is 12.1. The van der Waals surface area contributed by atoms with E-state index >= 15 is 0 Å². The van der Waals surface area contributed by atoms with Crippen LogP contribution in [0.2, 0.25) is 0 Å². The zero-order valence-electron chi connectivity index (χ0n) is 21.6. The van der Waals surface area contributed by atoms with Gasteiger partial charge in [-0.2, -0.15) is 4.72 Å². The molecule has 0 aliphatic heterocycles. The van der Waals surface area contributed by atoms with Crippen molar-refractivity contribution < 1.29 is 22.4 Å². The normalized spacial score (nSPS) is 13.5. The molecule has 3 rings (SSSR count). The first-order chi connectivity index (χ1) is 17.4. The molecule has 10 heteroatoms. The number of nitrogens with one attached hydrogen (secondary N) is 3. The molecule has 2 aromatic carbocycles. The number of anilines is 1. The standard InChI is InChI=1S/C27H33N3O6S/c1-16(2)14-21(25(31)29-22-15-19-8-6-7-9-23(19)36-27(22)33)28-26(32)24(17(3)4)30-37(34,35)20-12-10-18(5)11-13-20/h6-13,15-17,21,24,30H,14H2,1-5H3,(H,28,32)(H,29,31)/t21-,24-/m0/s1. The summed E-state index contributed by atoms with van der Waals surface area (Å²) >= 11 is 0. The third kappa shape index (κ3) is 7.27. The predicted octanol–water partition coefficient (Wildman–Crippen LogP) is 3.57. The highest BCUT2D eigenvalue weighted by molar-refractivity contribution is 7.89. The van der Waals surface area contributed by atoms with E-state index in [9.17, 15) is 22.8 Å². The van der Waals surface area contributed by atoms with E-state index < -0.39 is 45.5 Å². The van der Waals surface area contributed by atoms with Crippen LogP contribution in [0.15, 0.2) is 68.7 Å². The van der Waals surface area contributed by atoms with Crippen LogP contribution in [0.1, 0.15) is 39.7 Å². The Balaban J connectivity index is 1.81. The van der Waals surface area contributed by atoms with E-state index in [-0.39, 0.29) is 22.9 Å². The largest absolute Gasteiger partial charge is 0.421 e. The van der Waals surface area contributed by atoms with Crippen molar-refractivity contribution in [3.05, 3.63) is 70.6 Å². The summed E-state index contributed by atoms with van der Waals surface area (Å²) < 4.78 is 33.6. The summed E-state index contributed by atoms with van der Waals surface area (Å²) in [7, 11) is -3.99. The summed E-state index contributed by atoms with van der Waals surface area (Å²) in [6, 6.07) is 12.6. The van der Waals surface area contributed by atoms with Gasteiger partial charge in [-0.25, -0.2) is 13.2 Å². The first-order valence-corrected chi connectivity index (χ1v) is 13.6. The second-order valence-electron chi connectivity index (χ2n) is 9.82. The van der Waals surface area contributed by atoms with Crippen molar-refractivity contribution in [3.8, 4) is 0 Å². The van der Waals surface area contributed by atoms with Crippen LogP contribution in [-0.4, -0.2) is 32.3 Å². The van der Waals surface area contributed by atoms with E-state index in [1.165, 1.54) is 18.2 Å². The number of sulfonamides is 1. The lowest BCUT2D eigenvalue weighted by molar-refractivity contribution is -0.128. The van der Waals surface area contributed by atoms with Gasteiger partial charge < -0.3 is 15.1 Å². The summed E-state index contributed by atoms with van der Waals surface area (Å²) in [5, 5.41) is 5.87. The Morgan fingerprint density at radius 2 is 1.59 bits per heavy atom. The second-order valence-corrected chi connectivity index (χ2v) is 11.5. The van der Waals surface area contributed by atoms with Crippen molar-refractivity contribution in [2.24, 2.45) is 11.8 Å². The van der Waals surface area contributed by atoms with Crippen molar-refractivity contribution in [1.29, 1.82) is 0 Å². The van der Waals surface area contributed by atoms with E-state index in [2.05, 4.69) is 15.4 Å². The number of fused-ring (bicyclic) bond motifs is 1. The molecule has 2 atom stereocenters. The van der Waals surface area contributed by atoms with Crippen LogP contribution >= 0.6 is 0 Å². The number of rotatable bonds is 10. The Kier molecular flexibility index (Phi) is 8.88. The van der Waals surface area contributed by atoms with Crippen molar-refractivity contribution in [1.82, 2.24) is 10.0 Å². The molecule has 3 aromatic rings. The lowest BCUT2D eigenvalue weighted by Gasteiger charge is -2.26. The summed E-state index contributed by atoms with van der Waals surface area (Å²) in [6.07, 6.45) is 0.270. The monoisotopic (exact) mass is 527 g/mol. The third-order valence-corrected chi connectivity index (χ3v) is 7.26. The molecular formula is C27H33N3O6S. The highest BCUT2D eigenvalue weighted by Gasteiger charge is 2.32. The number of benzene rings is 2. The van der Waals surface area contributed by atoms with E-state index in [1.54, 1.807) is 50.2 Å². The number of carbonyl (C=O) groups excluding carboxylic acids is 2. The van der Waals surface area contributed by atoms with E-state index in [1.807, 2.05) is 20.8 Å². The maximum Gasteiger partial charge on any atom is 0.360 e. The zero-order chi connectivity index (χ0) is 27.3. The van der Waals surface area contributed by atoms with E-state index in [0.717, 1.165) is 5.56 Å². The van der Waals surface area contributed by atoms with Gasteiger partial charge in [0.25, 0.3) is 0 Å². The smallest absolute Gasteiger partial charge is 0.360 e.